The summed E-state index contributed by atoms with van der Waals surface area (Å²) >= 11 is 0. The van der Waals surface area contributed by atoms with Crippen LogP contribution >= 0.6 is 0 Å². The number of hydrogen-bond donors (Lipinski definition) is 0. The number of carbonyl (C=O) groups excluding carboxylic acids is 1. The van der Waals surface area contributed by atoms with Crippen LogP contribution in [0.5, 0.6) is 0 Å². The molecule has 0 unspecified atom stereocenters. The SMILES string of the molecule is Cc1ccccc1-c1noc(C2CCN(C(=O)c3ccc(F)cc3)CC2)n1. The van der Waals surface area contributed by atoms with Gasteiger partial charge in [0.15, 0.2) is 0 Å². The number of halogens is 1. The number of amides is 1. The quantitative estimate of drug-likeness (QED) is 0.698. The van der Waals surface area contributed by atoms with Crippen molar-refractivity contribution in [1.29, 1.82) is 0 Å². The van der Waals surface area contributed by atoms with E-state index in [1.165, 1.54) is 24.3 Å². The predicted octanol–water partition coefficient (Wildman–Crippen LogP) is 4.20. The van der Waals surface area contributed by atoms with Crippen LogP contribution in [-0.2, 0) is 0 Å². The zero-order chi connectivity index (χ0) is 18.8. The number of nitrogens with zero attached hydrogens (tertiary/aromatic N) is 3. The second-order valence-electron chi connectivity index (χ2n) is 6.84. The van der Waals surface area contributed by atoms with Gasteiger partial charge in [-0.15, -0.1) is 0 Å². The monoisotopic (exact) mass is 365 g/mol. The summed E-state index contributed by atoms with van der Waals surface area (Å²) in [5, 5.41) is 4.13. The average Bonchev–Trinajstić information content (AvgIpc) is 3.18. The summed E-state index contributed by atoms with van der Waals surface area (Å²) in [6.45, 7) is 3.25. The van der Waals surface area contributed by atoms with Crippen LogP contribution in [0.2, 0.25) is 0 Å². The summed E-state index contributed by atoms with van der Waals surface area (Å²) in [7, 11) is 0. The zero-order valence-corrected chi connectivity index (χ0v) is 15.1. The van der Waals surface area contributed by atoms with E-state index in [4.69, 9.17) is 4.52 Å². The molecule has 0 aliphatic carbocycles. The van der Waals surface area contributed by atoms with Crippen molar-refractivity contribution in [2.45, 2.75) is 25.7 Å². The van der Waals surface area contributed by atoms with Gasteiger partial charge >= 0.3 is 0 Å². The Labute approximate surface area is 156 Å². The van der Waals surface area contributed by atoms with E-state index in [9.17, 15) is 9.18 Å². The first kappa shape index (κ1) is 17.4. The largest absolute Gasteiger partial charge is 0.339 e. The molecule has 0 radical (unpaired) electrons. The molecule has 1 aliphatic rings. The van der Waals surface area contributed by atoms with Gasteiger partial charge < -0.3 is 9.42 Å². The third kappa shape index (κ3) is 3.60. The van der Waals surface area contributed by atoms with E-state index in [2.05, 4.69) is 10.1 Å². The Hall–Kier alpha value is -3.02. The molecular weight excluding hydrogens is 345 g/mol. The Morgan fingerprint density at radius 1 is 1.11 bits per heavy atom. The first-order valence-corrected chi connectivity index (χ1v) is 9.06. The summed E-state index contributed by atoms with van der Waals surface area (Å²) in [6.07, 6.45) is 1.53. The third-order valence-electron chi connectivity index (χ3n) is 5.05. The average molecular weight is 365 g/mol. The summed E-state index contributed by atoms with van der Waals surface area (Å²) in [4.78, 5) is 18.9. The molecule has 1 saturated heterocycles. The van der Waals surface area contributed by atoms with E-state index in [1.54, 1.807) is 4.90 Å². The van der Waals surface area contributed by atoms with Crippen molar-refractivity contribution in [2.75, 3.05) is 13.1 Å². The van der Waals surface area contributed by atoms with Crippen LogP contribution in [0.4, 0.5) is 4.39 Å². The van der Waals surface area contributed by atoms with Gasteiger partial charge in [0.2, 0.25) is 11.7 Å². The molecule has 2 heterocycles. The molecule has 3 aromatic rings. The van der Waals surface area contributed by atoms with E-state index >= 15 is 0 Å². The maximum atomic E-state index is 13.0. The molecule has 0 bridgehead atoms. The lowest BCUT2D eigenvalue weighted by Gasteiger charge is -2.30. The van der Waals surface area contributed by atoms with Crippen LogP contribution in [0.3, 0.4) is 0 Å². The lowest BCUT2D eigenvalue weighted by atomic mass is 9.96. The van der Waals surface area contributed by atoms with Gasteiger partial charge in [-0.25, -0.2) is 4.39 Å². The number of carbonyl (C=O) groups is 1. The first-order chi connectivity index (χ1) is 13.1. The first-order valence-electron chi connectivity index (χ1n) is 9.06. The Bertz CT molecular complexity index is 944. The highest BCUT2D eigenvalue weighted by molar-refractivity contribution is 5.94. The second kappa shape index (κ2) is 7.31. The third-order valence-corrected chi connectivity index (χ3v) is 5.05. The Morgan fingerprint density at radius 3 is 2.52 bits per heavy atom. The van der Waals surface area contributed by atoms with Crippen molar-refractivity contribution >= 4 is 5.91 Å². The van der Waals surface area contributed by atoms with Gasteiger partial charge in [0.1, 0.15) is 5.82 Å². The van der Waals surface area contributed by atoms with Crippen molar-refractivity contribution in [3.05, 3.63) is 71.4 Å². The van der Waals surface area contributed by atoms with Crippen LogP contribution in [0.1, 0.15) is 40.6 Å². The van der Waals surface area contributed by atoms with E-state index in [0.29, 0.717) is 30.4 Å². The fourth-order valence-electron chi connectivity index (χ4n) is 3.44. The lowest BCUT2D eigenvalue weighted by Crippen LogP contribution is -2.38. The van der Waals surface area contributed by atoms with E-state index in [0.717, 1.165) is 24.0 Å². The van der Waals surface area contributed by atoms with Gasteiger partial charge in [0.05, 0.1) is 0 Å². The highest BCUT2D eigenvalue weighted by atomic mass is 19.1. The van der Waals surface area contributed by atoms with Crippen LogP contribution < -0.4 is 0 Å². The highest BCUT2D eigenvalue weighted by Crippen LogP contribution is 2.29. The van der Waals surface area contributed by atoms with E-state index in [1.807, 2.05) is 31.2 Å². The molecule has 0 N–H and O–H groups in total. The van der Waals surface area contributed by atoms with E-state index in [-0.39, 0.29) is 17.6 Å². The molecule has 1 aromatic heterocycles. The molecule has 4 rings (SSSR count). The number of hydrogen-bond acceptors (Lipinski definition) is 4. The number of likely N-dealkylation sites (tertiary alicyclic amines) is 1. The Kier molecular flexibility index (Phi) is 4.71. The lowest BCUT2D eigenvalue weighted by molar-refractivity contribution is 0.0704. The van der Waals surface area contributed by atoms with Gasteiger partial charge in [-0.2, -0.15) is 4.98 Å². The second-order valence-corrected chi connectivity index (χ2v) is 6.84. The van der Waals surface area contributed by atoms with Crippen LogP contribution in [0.15, 0.2) is 53.1 Å². The van der Waals surface area contributed by atoms with Crippen molar-refractivity contribution in [1.82, 2.24) is 15.0 Å². The van der Waals surface area contributed by atoms with Crippen molar-refractivity contribution < 1.29 is 13.7 Å². The molecule has 1 aliphatic heterocycles. The minimum atomic E-state index is -0.342. The van der Waals surface area contributed by atoms with E-state index < -0.39 is 0 Å². The van der Waals surface area contributed by atoms with Gasteiger partial charge in [0, 0.05) is 30.1 Å². The molecule has 5 nitrogen and oxygen atoms in total. The van der Waals surface area contributed by atoms with Crippen LogP contribution in [-0.4, -0.2) is 34.0 Å². The summed E-state index contributed by atoms with van der Waals surface area (Å²) in [5.41, 5.74) is 2.58. The Morgan fingerprint density at radius 2 is 1.81 bits per heavy atom. The molecule has 0 spiro atoms. The normalized spacial score (nSPS) is 15.1. The molecule has 0 atom stereocenters. The number of aromatic nitrogens is 2. The molecule has 2 aromatic carbocycles. The summed E-state index contributed by atoms with van der Waals surface area (Å²) in [5.74, 6) is 0.966. The smallest absolute Gasteiger partial charge is 0.253 e. The molecule has 138 valence electrons. The number of piperidine rings is 1. The van der Waals surface area contributed by atoms with Crippen LogP contribution in [0.25, 0.3) is 11.4 Å². The van der Waals surface area contributed by atoms with Crippen molar-refractivity contribution in [3.8, 4) is 11.4 Å². The van der Waals surface area contributed by atoms with Gasteiger partial charge in [-0.1, -0.05) is 29.4 Å². The summed E-state index contributed by atoms with van der Waals surface area (Å²) in [6, 6.07) is 13.6. The van der Waals surface area contributed by atoms with Gasteiger partial charge in [-0.05, 0) is 49.6 Å². The number of aryl methyl sites for hydroxylation is 1. The minimum Gasteiger partial charge on any atom is -0.339 e. The molecule has 27 heavy (non-hydrogen) atoms. The number of benzene rings is 2. The van der Waals surface area contributed by atoms with Crippen molar-refractivity contribution in [3.63, 3.8) is 0 Å². The van der Waals surface area contributed by atoms with Crippen molar-refractivity contribution in [2.24, 2.45) is 0 Å². The van der Waals surface area contributed by atoms with Gasteiger partial charge in [0.25, 0.3) is 5.91 Å². The molecule has 1 fully saturated rings. The predicted molar refractivity (Wildman–Crippen MR) is 98.7 cm³/mol. The minimum absolute atomic E-state index is 0.0698. The van der Waals surface area contributed by atoms with Crippen LogP contribution in [0, 0.1) is 12.7 Å². The maximum Gasteiger partial charge on any atom is 0.253 e. The summed E-state index contributed by atoms with van der Waals surface area (Å²) < 4.78 is 18.5. The topological polar surface area (TPSA) is 59.2 Å². The van der Waals surface area contributed by atoms with Gasteiger partial charge in [-0.3, -0.25) is 4.79 Å². The maximum absolute atomic E-state index is 13.0. The fourth-order valence-corrected chi connectivity index (χ4v) is 3.44. The molecule has 6 heteroatoms. The number of rotatable bonds is 3. The zero-order valence-electron chi connectivity index (χ0n) is 15.1. The molecule has 1 amide bonds. The highest BCUT2D eigenvalue weighted by Gasteiger charge is 2.28. The fraction of sp³-hybridized carbons (Fsp3) is 0.286. The standard InChI is InChI=1S/C21H20FN3O2/c1-14-4-2-3-5-18(14)19-23-20(27-24-19)15-10-12-25(13-11-15)21(26)16-6-8-17(22)9-7-16/h2-9,15H,10-13H2,1H3. The Balaban J connectivity index is 1.42. The molecule has 0 saturated carbocycles. The molecular formula is C21H20FN3O2.